The summed E-state index contributed by atoms with van der Waals surface area (Å²) in [5.74, 6) is -1.10. The number of para-hydroxylation sites is 1. The number of halogens is 1. The van der Waals surface area contributed by atoms with E-state index in [0.717, 1.165) is 16.7 Å². The van der Waals surface area contributed by atoms with Crippen molar-refractivity contribution in [2.45, 2.75) is 26.2 Å². The molecule has 6 nitrogen and oxygen atoms in total. The Balaban J connectivity index is 1.52. The highest BCUT2D eigenvalue weighted by Gasteiger charge is 2.40. The van der Waals surface area contributed by atoms with Crippen molar-refractivity contribution in [1.82, 2.24) is 0 Å². The molecule has 0 fully saturated rings. The Kier molecular flexibility index (Phi) is 6.20. The number of hydrogen-bond donors (Lipinski definition) is 3. The number of Topliss-reactive ketones (excluding diaryl/α,β-unsaturated/α-hetero) is 1. The third-order valence-electron chi connectivity index (χ3n) is 5.96. The molecule has 3 aromatic rings. The molecule has 4 rings (SSSR count). The van der Waals surface area contributed by atoms with Gasteiger partial charge in [0, 0.05) is 27.9 Å². The van der Waals surface area contributed by atoms with Gasteiger partial charge in [0.15, 0.2) is 5.78 Å². The standard InChI is InChI=1S/C26H23ClN2O4/c1-26(15-23(30)31)12-11-17-13-16(7-9-21(17)24(26)32)20-10-8-19(14-22(20)27)29-25(33)28-18-5-3-2-4-6-18/h2-10,13-14H,11-12,15H2,1H3,(H,30,31)(H2,28,29,33). The summed E-state index contributed by atoms with van der Waals surface area (Å²) in [5.41, 5.74) is 3.44. The summed E-state index contributed by atoms with van der Waals surface area (Å²) in [7, 11) is 0. The Morgan fingerprint density at radius 1 is 0.970 bits per heavy atom. The van der Waals surface area contributed by atoms with E-state index in [4.69, 9.17) is 11.6 Å². The normalized spacial score (nSPS) is 17.2. The van der Waals surface area contributed by atoms with Gasteiger partial charge in [-0.15, -0.1) is 0 Å². The number of aryl methyl sites for hydroxylation is 1. The summed E-state index contributed by atoms with van der Waals surface area (Å²) in [6.07, 6.45) is 0.933. The number of urea groups is 1. The summed E-state index contributed by atoms with van der Waals surface area (Å²) in [4.78, 5) is 36.4. The minimum Gasteiger partial charge on any atom is -0.481 e. The third kappa shape index (κ3) is 4.91. The molecule has 0 saturated carbocycles. The first-order chi connectivity index (χ1) is 15.7. The first kappa shape index (κ1) is 22.6. The second-order valence-corrected chi connectivity index (χ2v) is 8.88. The lowest BCUT2D eigenvalue weighted by molar-refractivity contribution is -0.139. The number of ketones is 1. The maximum Gasteiger partial charge on any atom is 0.323 e. The van der Waals surface area contributed by atoms with Gasteiger partial charge in [0.05, 0.1) is 11.4 Å². The minimum absolute atomic E-state index is 0.132. The second kappa shape index (κ2) is 9.08. The van der Waals surface area contributed by atoms with Gasteiger partial charge >= 0.3 is 12.0 Å². The fraction of sp³-hybridized carbons (Fsp3) is 0.192. The smallest absolute Gasteiger partial charge is 0.323 e. The van der Waals surface area contributed by atoms with Crippen LogP contribution in [-0.2, 0) is 11.2 Å². The largest absolute Gasteiger partial charge is 0.481 e. The molecule has 3 aromatic carbocycles. The molecule has 0 saturated heterocycles. The zero-order valence-electron chi connectivity index (χ0n) is 18.0. The van der Waals surface area contributed by atoms with Crippen LogP contribution in [0.25, 0.3) is 11.1 Å². The van der Waals surface area contributed by atoms with Crippen LogP contribution in [0.2, 0.25) is 5.02 Å². The molecule has 7 heteroatoms. The van der Waals surface area contributed by atoms with E-state index in [1.807, 2.05) is 36.4 Å². The van der Waals surface area contributed by atoms with Crippen molar-refractivity contribution in [1.29, 1.82) is 0 Å². The topological polar surface area (TPSA) is 95.5 Å². The highest BCUT2D eigenvalue weighted by Crippen LogP contribution is 2.40. The van der Waals surface area contributed by atoms with Crippen LogP contribution in [-0.4, -0.2) is 22.9 Å². The fourth-order valence-corrected chi connectivity index (χ4v) is 4.47. The van der Waals surface area contributed by atoms with Gasteiger partial charge in [0.25, 0.3) is 0 Å². The van der Waals surface area contributed by atoms with Crippen molar-refractivity contribution >= 4 is 40.8 Å². The van der Waals surface area contributed by atoms with Crippen LogP contribution in [0.5, 0.6) is 0 Å². The van der Waals surface area contributed by atoms with Crippen molar-refractivity contribution in [2.24, 2.45) is 5.41 Å². The number of aliphatic carboxylic acids is 1. The summed E-state index contributed by atoms with van der Waals surface area (Å²) in [5, 5.41) is 15.2. The molecule has 0 bridgehead atoms. The van der Waals surface area contributed by atoms with E-state index >= 15 is 0 Å². The minimum atomic E-state index is -0.969. The zero-order valence-corrected chi connectivity index (χ0v) is 18.8. The van der Waals surface area contributed by atoms with Gasteiger partial charge in [0.1, 0.15) is 0 Å². The number of rotatable bonds is 5. The second-order valence-electron chi connectivity index (χ2n) is 8.47. The van der Waals surface area contributed by atoms with E-state index in [2.05, 4.69) is 10.6 Å². The number of amides is 2. The van der Waals surface area contributed by atoms with Crippen molar-refractivity contribution in [3.8, 4) is 11.1 Å². The molecular formula is C26H23ClN2O4. The number of nitrogens with one attached hydrogen (secondary N) is 2. The Bertz CT molecular complexity index is 1240. The Hall–Kier alpha value is -3.64. The lowest BCUT2D eigenvalue weighted by Gasteiger charge is -2.32. The van der Waals surface area contributed by atoms with Gasteiger partial charge in [-0.1, -0.05) is 61.0 Å². The van der Waals surface area contributed by atoms with E-state index in [1.54, 1.807) is 37.3 Å². The van der Waals surface area contributed by atoms with E-state index in [0.29, 0.717) is 34.8 Å². The summed E-state index contributed by atoms with van der Waals surface area (Å²) in [6.45, 7) is 1.72. The summed E-state index contributed by atoms with van der Waals surface area (Å²) < 4.78 is 0. The number of benzene rings is 3. The fourth-order valence-electron chi connectivity index (χ4n) is 4.18. The third-order valence-corrected chi connectivity index (χ3v) is 6.27. The Labute approximate surface area is 196 Å². The molecule has 3 N–H and O–H groups in total. The molecule has 0 radical (unpaired) electrons. The molecule has 1 aliphatic carbocycles. The number of carbonyl (C=O) groups excluding carboxylic acids is 2. The average molecular weight is 463 g/mol. The summed E-state index contributed by atoms with van der Waals surface area (Å²) >= 11 is 6.52. The van der Waals surface area contributed by atoms with Crippen molar-refractivity contribution in [3.63, 3.8) is 0 Å². The molecule has 33 heavy (non-hydrogen) atoms. The van der Waals surface area contributed by atoms with Gasteiger partial charge in [0.2, 0.25) is 0 Å². The van der Waals surface area contributed by atoms with Crippen LogP contribution in [0.1, 0.15) is 35.7 Å². The molecule has 1 atom stereocenters. The molecule has 1 unspecified atom stereocenters. The highest BCUT2D eigenvalue weighted by molar-refractivity contribution is 6.33. The van der Waals surface area contributed by atoms with Gasteiger partial charge < -0.3 is 15.7 Å². The van der Waals surface area contributed by atoms with Crippen LogP contribution in [0.3, 0.4) is 0 Å². The lowest BCUT2D eigenvalue weighted by Crippen LogP contribution is -2.35. The van der Waals surface area contributed by atoms with Gasteiger partial charge in [-0.3, -0.25) is 9.59 Å². The molecular weight excluding hydrogens is 440 g/mol. The molecule has 0 heterocycles. The predicted molar refractivity (Wildman–Crippen MR) is 129 cm³/mol. The van der Waals surface area contributed by atoms with Gasteiger partial charge in [-0.2, -0.15) is 0 Å². The molecule has 1 aliphatic rings. The van der Waals surface area contributed by atoms with E-state index in [1.165, 1.54) is 0 Å². The predicted octanol–water partition coefficient (Wildman–Crippen LogP) is 6.26. The number of fused-ring (bicyclic) bond motifs is 1. The first-order valence-corrected chi connectivity index (χ1v) is 11.0. The molecule has 168 valence electrons. The maximum atomic E-state index is 12.9. The zero-order chi connectivity index (χ0) is 23.6. The molecule has 0 aromatic heterocycles. The number of anilines is 2. The molecule has 2 amide bonds. The van der Waals surface area contributed by atoms with Crippen LogP contribution >= 0.6 is 11.6 Å². The van der Waals surface area contributed by atoms with Crippen LogP contribution < -0.4 is 10.6 Å². The maximum absolute atomic E-state index is 12.9. The van der Waals surface area contributed by atoms with E-state index in [9.17, 15) is 19.5 Å². The van der Waals surface area contributed by atoms with Gasteiger partial charge in [-0.25, -0.2) is 4.79 Å². The highest BCUT2D eigenvalue weighted by atomic mass is 35.5. The summed E-state index contributed by atoms with van der Waals surface area (Å²) in [6, 6.07) is 19.5. The van der Waals surface area contributed by atoms with Crippen LogP contribution in [0.15, 0.2) is 66.7 Å². The quantitative estimate of drug-likeness (QED) is 0.417. The Morgan fingerprint density at radius 3 is 2.36 bits per heavy atom. The first-order valence-electron chi connectivity index (χ1n) is 10.6. The van der Waals surface area contributed by atoms with Crippen LogP contribution in [0, 0.1) is 5.41 Å². The van der Waals surface area contributed by atoms with Crippen molar-refractivity contribution < 1.29 is 19.5 Å². The van der Waals surface area contributed by atoms with Gasteiger partial charge in [-0.05, 0) is 48.2 Å². The molecule has 0 aliphatic heterocycles. The molecule has 0 spiro atoms. The average Bonchev–Trinajstić information content (AvgIpc) is 2.77. The number of carboxylic acids is 1. The number of hydrogen-bond acceptors (Lipinski definition) is 3. The lowest BCUT2D eigenvalue weighted by atomic mass is 9.69. The number of carboxylic acid groups (broad SMARTS) is 1. The monoisotopic (exact) mass is 462 g/mol. The van der Waals surface area contributed by atoms with Crippen molar-refractivity contribution in [2.75, 3.05) is 10.6 Å². The van der Waals surface area contributed by atoms with E-state index < -0.39 is 11.4 Å². The van der Waals surface area contributed by atoms with Crippen LogP contribution in [0.4, 0.5) is 16.2 Å². The SMILES string of the molecule is CC1(CC(=O)O)CCc2cc(-c3ccc(NC(=O)Nc4ccccc4)cc3Cl)ccc2C1=O. The Morgan fingerprint density at radius 2 is 1.67 bits per heavy atom. The van der Waals surface area contributed by atoms with E-state index in [-0.39, 0.29) is 18.2 Å². The number of carbonyl (C=O) groups is 3. The van der Waals surface area contributed by atoms with Crippen molar-refractivity contribution in [3.05, 3.63) is 82.9 Å².